The fraction of sp³-hybridized carbons (Fsp3) is 1.00. The maximum absolute atomic E-state index is 6.45. The summed E-state index contributed by atoms with van der Waals surface area (Å²) in [7, 11) is 0. The van der Waals surface area contributed by atoms with Gasteiger partial charge in [-0.15, -0.1) is 0 Å². The number of hydrogen-bond donors (Lipinski definition) is 0. The topological polar surface area (TPSA) is 23.8 Å². The van der Waals surface area contributed by atoms with Crippen molar-refractivity contribution in [3.05, 3.63) is 5.73 Å². The maximum Gasteiger partial charge on any atom is 0 e. The van der Waals surface area contributed by atoms with Crippen LogP contribution in [0, 0.1) is 0 Å². The molecule has 0 unspecified atom stereocenters. The first-order valence-electron chi connectivity index (χ1n) is 1.56. The average molecular weight is 325 g/mol. The van der Waals surface area contributed by atoms with E-state index in [0.717, 1.165) is 6.42 Å². The second-order valence-electron chi connectivity index (χ2n) is 0.750. The van der Waals surface area contributed by atoms with Crippen LogP contribution in [0.15, 0.2) is 0 Å². The molecule has 2 heteroatoms. The van der Waals surface area contributed by atoms with Crippen LogP contribution in [0.2, 0.25) is 0 Å². The van der Waals surface area contributed by atoms with E-state index in [1.165, 1.54) is 0 Å². The van der Waals surface area contributed by atoms with Crippen molar-refractivity contribution in [3.63, 3.8) is 0 Å². The van der Waals surface area contributed by atoms with Crippen LogP contribution in [0.5, 0.6) is 0 Å². The third kappa shape index (κ3) is 1700. The van der Waals surface area contributed by atoms with Crippen molar-refractivity contribution in [2.75, 3.05) is 6.54 Å². The molecule has 0 radical (unpaired) electrons. The van der Waals surface area contributed by atoms with Gasteiger partial charge in [-0.05, 0) is 0 Å². The Morgan fingerprint density at radius 2 is 1.80 bits per heavy atom. The van der Waals surface area contributed by atoms with Gasteiger partial charge in [0.1, 0.15) is 0 Å². The molecule has 1 N–H and O–H groups in total. The number of nitrogens with one attached hydrogen (secondary N) is 1. The SMILES string of the molecule is CCC[NH-].[Rf]. The minimum absolute atomic E-state index is 0. The van der Waals surface area contributed by atoms with Gasteiger partial charge in [0, 0.05) is 0 Å². The molecule has 0 aromatic rings. The Morgan fingerprint density at radius 3 is 1.80 bits per heavy atom. The Kier molecular flexibility index (Phi) is 22.3. The fourth-order valence-electron chi connectivity index (χ4n) is 0. The van der Waals surface area contributed by atoms with Gasteiger partial charge in [-0.2, -0.15) is 6.54 Å². The summed E-state index contributed by atoms with van der Waals surface area (Å²) in [6.45, 7) is 2.56. The van der Waals surface area contributed by atoms with Gasteiger partial charge in [-0.3, -0.25) is 0 Å². The van der Waals surface area contributed by atoms with Crippen LogP contribution in [-0.2, 0) is 0 Å². The van der Waals surface area contributed by atoms with Gasteiger partial charge < -0.3 is 5.73 Å². The van der Waals surface area contributed by atoms with E-state index in [2.05, 4.69) is 0 Å². The molecular formula is C3H8NRf-. The zero-order chi connectivity index (χ0) is 3.41. The predicted octanol–water partition coefficient (Wildman–Crippen LogP) is 1.45. The van der Waals surface area contributed by atoms with E-state index < -0.39 is 0 Å². The van der Waals surface area contributed by atoms with Crippen molar-refractivity contribution >= 4 is 0 Å². The molecule has 1 nitrogen and oxygen atoms in total. The molecule has 0 aliphatic heterocycles. The largest absolute Gasteiger partial charge is 0.677 e. The Bertz CT molecular complexity index is 8.85. The molecule has 0 aromatic carbocycles. The Balaban J connectivity index is 0. The van der Waals surface area contributed by atoms with Crippen molar-refractivity contribution in [2.24, 2.45) is 0 Å². The molecule has 0 heterocycles. The second kappa shape index (κ2) is 12.3. The van der Waals surface area contributed by atoms with Crippen molar-refractivity contribution in [2.45, 2.75) is 13.3 Å². The van der Waals surface area contributed by atoms with Gasteiger partial charge in [-0.25, -0.2) is 0 Å². The summed E-state index contributed by atoms with van der Waals surface area (Å²) < 4.78 is 0. The number of rotatable bonds is 1. The van der Waals surface area contributed by atoms with E-state index in [4.69, 9.17) is 5.73 Å². The third-order valence-electron chi connectivity index (χ3n) is 0.250. The summed E-state index contributed by atoms with van der Waals surface area (Å²) in [5.74, 6) is 0. The van der Waals surface area contributed by atoms with Gasteiger partial charge in [0.25, 0.3) is 0 Å². The summed E-state index contributed by atoms with van der Waals surface area (Å²) >= 11 is 0. The van der Waals surface area contributed by atoms with Crippen LogP contribution in [0.1, 0.15) is 13.3 Å². The third-order valence-corrected chi connectivity index (χ3v) is 0.250. The van der Waals surface area contributed by atoms with Crippen LogP contribution in [0.4, 0.5) is 0 Å². The van der Waals surface area contributed by atoms with E-state index in [1.807, 2.05) is 6.92 Å². The molecule has 0 aliphatic rings. The van der Waals surface area contributed by atoms with Crippen LogP contribution < -0.4 is 0 Å². The fourth-order valence-corrected chi connectivity index (χ4v) is 0. The van der Waals surface area contributed by atoms with Crippen molar-refractivity contribution in [1.29, 1.82) is 0 Å². The van der Waals surface area contributed by atoms with Crippen molar-refractivity contribution < 1.29 is 0 Å². The summed E-state index contributed by atoms with van der Waals surface area (Å²) in [6.07, 6.45) is 0.986. The van der Waals surface area contributed by atoms with E-state index >= 15 is 0 Å². The molecule has 0 rings (SSSR count). The average Bonchev–Trinajstić information content (AvgIpc) is 1.37. The van der Waals surface area contributed by atoms with Crippen LogP contribution >= 0.6 is 0 Å². The quantitative estimate of drug-likeness (QED) is 0.697. The summed E-state index contributed by atoms with van der Waals surface area (Å²) in [6, 6.07) is 0. The first-order chi connectivity index (χ1) is 1.91. The van der Waals surface area contributed by atoms with Gasteiger partial charge in [-0.1, -0.05) is 13.3 Å². The predicted molar refractivity (Wildman–Crippen MR) is 19.5 cm³/mol. The first-order valence-corrected chi connectivity index (χ1v) is 1.56. The summed E-state index contributed by atoms with van der Waals surface area (Å²) in [4.78, 5) is 0. The molecule has 0 aromatic heterocycles. The van der Waals surface area contributed by atoms with E-state index in [9.17, 15) is 0 Å². The van der Waals surface area contributed by atoms with Gasteiger partial charge in [0.05, 0.1) is 0 Å². The van der Waals surface area contributed by atoms with Crippen LogP contribution in [0.3, 0.4) is 0 Å². The molecule has 0 atom stereocenters. The van der Waals surface area contributed by atoms with Gasteiger partial charge >= 0.3 is 0 Å². The van der Waals surface area contributed by atoms with E-state index in [0.29, 0.717) is 6.54 Å². The van der Waals surface area contributed by atoms with Crippen LogP contribution in [0.25, 0.3) is 5.73 Å². The molecule has 28 valence electrons. The zero-order valence-corrected chi connectivity index (χ0v) is 10.0. The molecule has 0 bridgehead atoms. The van der Waals surface area contributed by atoms with Crippen LogP contribution in [-0.4, -0.2) is 6.54 Å². The smallest absolute Gasteiger partial charge is 0 e. The maximum atomic E-state index is 6.45. The minimum atomic E-state index is 0. The summed E-state index contributed by atoms with van der Waals surface area (Å²) in [5.41, 5.74) is 6.45. The minimum Gasteiger partial charge on any atom is -0.677 e. The molecule has 0 amide bonds. The molecule has 0 saturated heterocycles. The molecule has 0 spiro atoms. The van der Waals surface area contributed by atoms with Gasteiger partial charge in [0.15, 0.2) is 0 Å². The Labute approximate surface area is 26.8 Å². The molecule has 5 heavy (non-hydrogen) atoms. The Morgan fingerprint density at radius 1 is 1.60 bits per heavy atom. The standard InChI is InChI=1S/C3H8N.Rf/c1-2-3-4;/h4H,2-3H2,1H3;/q-1;. The Hall–Kier alpha value is -1.04. The molecule has 0 aliphatic carbocycles. The van der Waals surface area contributed by atoms with Crippen molar-refractivity contribution in [1.82, 2.24) is 0 Å². The second-order valence-corrected chi connectivity index (χ2v) is 0.750. The van der Waals surface area contributed by atoms with E-state index in [-0.39, 0.29) is 0 Å². The first kappa shape index (κ1) is 9.03. The summed E-state index contributed by atoms with van der Waals surface area (Å²) in [5, 5.41) is 0. The van der Waals surface area contributed by atoms with E-state index in [1.54, 1.807) is 0 Å². The number of hydrogen-bond acceptors (Lipinski definition) is 0. The molecular weight excluding hydrogens is 317 g/mol. The van der Waals surface area contributed by atoms with Gasteiger partial charge in [0.2, 0.25) is 0 Å². The molecule has 0 fully saturated rings. The zero-order valence-electron chi connectivity index (χ0n) is 3.62. The molecule has 0 saturated carbocycles. The normalized spacial score (nSPS) is 6.00. The monoisotopic (exact) mass is 325 g/mol. The van der Waals surface area contributed by atoms with Crippen molar-refractivity contribution in [3.8, 4) is 0 Å².